The Hall–Kier alpha value is -4.23. The molecule has 45 heavy (non-hydrogen) atoms. The van der Waals surface area contributed by atoms with Gasteiger partial charge in [-0.1, -0.05) is 19.6 Å². The van der Waals surface area contributed by atoms with E-state index < -0.39 is 0 Å². The predicted octanol–water partition coefficient (Wildman–Crippen LogP) is 8.34. The second kappa shape index (κ2) is 13.4. The molecule has 7 nitrogen and oxygen atoms in total. The number of carbonyl (C=O) groups is 1. The summed E-state index contributed by atoms with van der Waals surface area (Å²) in [4.78, 5) is 32.6. The zero-order valence-corrected chi connectivity index (χ0v) is 27.9. The number of H-pyrrole nitrogens is 2. The molecule has 8 bridgehead atoms. The van der Waals surface area contributed by atoms with Crippen LogP contribution >= 0.6 is 0 Å². The highest BCUT2D eigenvalue weighted by atomic mass is 16.3. The largest absolute Gasteiger partial charge is 0.396 e. The van der Waals surface area contributed by atoms with Crippen LogP contribution in [-0.4, -0.2) is 56.0 Å². The van der Waals surface area contributed by atoms with E-state index in [0.717, 1.165) is 104 Å². The third kappa shape index (κ3) is 6.32. The normalized spacial score (nSPS) is 12.9. The van der Waals surface area contributed by atoms with Crippen LogP contribution in [0.25, 0.3) is 50.9 Å². The van der Waals surface area contributed by atoms with Crippen molar-refractivity contribution >= 4 is 56.8 Å². The summed E-state index contributed by atoms with van der Waals surface area (Å²) in [7, 11) is 1.87. The third-order valence-corrected chi connectivity index (χ3v) is 9.49. The Morgan fingerprint density at radius 3 is 2.33 bits per heavy atom. The first-order valence-electron chi connectivity index (χ1n) is 16.2. The van der Waals surface area contributed by atoms with Crippen molar-refractivity contribution in [3.63, 3.8) is 0 Å². The number of hydrogen-bond acceptors (Lipinski definition) is 4. The summed E-state index contributed by atoms with van der Waals surface area (Å²) in [5.74, 6) is 0.120. The van der Waals surface area contributed by atoms with Gasteiger partial charge >= 0.3 is 0 Å². The Bertz CT molecular complexity index is 1890. The summed E-state index contributed by atoms with van der Waals surface area (Å²) < 4.78 is 0. The number of nitrogens with zero attached hydrogens (tertiary/aromatic N) is 3. The zero-order valence-electron chi connectivity index (χ0n) is 27.9. The average molecular weight is 606 g/mol. The number of allylic oxidation sites excluding steroid dienone is 3. The third-order valence-electron chi connectivity index (χ3n) is 9.49. The molecule has 0 aromatic carbocycles. The zero-order chi connectivity index (χ0) is 32.4. The minimum absolute atomic E-state index is 0.120. The molecule has 3 N–H and O–H groups in total. The van der Waals surface area contributed by atoms with Gasteiger partial charge in [0.15, 0.2) is 0 Å². The molecule has 236 valence electrons. The SMILES string of the molecule is C=Cc1c(C)c2cc3nc(c(C)c4nc(cc5[nH]c(cc1[nH]2)c(C)c5CC)C(C)=C4)C(CCC(=O)N(C)CCCCCO)=C3C. The van der Waals surface area contributed by atoms with Gasteiger partial charge in [0, 0.05) is 59.8 Å². The van der Waals surface area contributed by atoms with Crippen molar-refractivity contribution < 1.29 is 9.90 Å². The Labute approximate surface area is 266 Å². The molecule has 0 atom stereocenters. The molecule has 2 aliphatic rings. The number of rotatable bonds is 10. The van der Waals surface area contributed by atoms with Crippen LogP contribution in [-0.2, 0) is 11.2 Å². The van der Waals surface area contributed by atoms with E-state index in [1.807, 2.05) is 18.0 Å². The van der Waals surface area contributed by atoms with Crippen molar-refractivity contribution in [1.29, 1.82) is 0 Å². The fraction of sp³-hybridized carbons (Fsp3) is 0.395. The number of amides is 1. The number of hydrogen-bond donors (Lipinski definition) is 3. The van der Waals surface area contributed by atoms with Gasteiger partial charge in [-0.2, -0.15) is 0 Å². The number of aromatic amines is 2. The van der Waals surface area contributed by atoms with Gasteiger partial charge in [0.1, 0.15) is 0 Å². The van der Waals surface area contributed by atoms with Crippen LogP contribution in [0.4, 0.5) is 0 Å². The number of fused-ring (bicyclic) bond motifs is 8. The first-order valence-corrected chi connectivity index (χ1v) is 16.2. The molecule has 0 saturated carbocycles. The molecule has 0 aliphatic carbocycles. The highest BCUT2D eigenvalue weighted by Crippen LogP contribution is 2.37. The van der Waals surface area contributed by atoms with Crippen molar-refractivity contribution in [2.45, 2.75) is 80.1 Å². The predicted molar refractivity (Wildman–Crippen MR) is 189 cm³/mol. The standard InChI is InChI=1S/C38H47N5O2/c1-9-27-24(5)33-21-36-28(10-2)23(4)32(40-36)20-34-25(6)29(14-15-37(45)43(8)16-12-11-13-17-44)38(42-34)26(7)31-18-22(3)30(39-31)19-35(27)41-33/h10,18-21,40-41,44H,2,9,11-17H2,1,3-8H3. The molecule has 5 rings (SSSR count). The van der Waals surface area contributed by atoms with Crippen LogP contribution in [0.2, 0.25) is 0 Å². The molecule has 5 heterocycles. The molecule has 0 radical (unpaired) electrons. The molecule has 1 amide bonds. The van der Waals surface area contributed by atoms with Crippen molar-refractivity contribution in [3.8, 4) is 0 Å². The van der Waals surface area contributed by atoms with Crippen molar-refractivity contribution in [1.82, 2.24) is 24.8 Å². The van der Waals surface area contributed by atoms with Gasteiger partial charge in [0.05, 0.1) is 22.8 Å². The molecule has 0 spiro atoms. The van der Waals surface area contributed by atoms with E-state index >= 15 is 0 Å². The smallest absolute Gasteiger partial charge is 0.222 e. The second-order valence-electron chi connectivity index (χ2n) is 12.4. The van der Waals surface area contributed by atoms with Crippen LogP contribution in [0.3, 0.4) is 0 Å². The van der Waals surface area contributed by atoms with Gasteiger partial charge in [-0.05, 0) is 124 Å². The van der Waals surface area contributed by atoms with E-state index in [4.69, 9.17) is 15.1 Å². The Morgan fingerprint density at radius 2 is 1.62 bits per heavy atom. The van der Waals surface area contributed by atoms with Crippen LogP contribution in [0.1, 0.15) is 103 Å². The molecule has 0 unspecified atom stereocenters. The summed E-state index contributed by atoms with van der Waals surface area (Å²) in [5.41, 5.74) is 16.8. The van der Waals surface area contributed by atoms with E-state index in [1.54, 1.807) is 0 Å². The summed E-state index contributed by atoms with van der Waals surface area (Å²) in [6.45, 7) is 17.8. The molecule has 3 aromatic heterocycles. The number of aliphatic hydroxyl groups excluding tert-OH is 1. The number of aryl methyl sites for hydroxylation is 3. The van der Waals surface area contributed by atoms with Crippen LogP contribution < -0.4 is 0 Å². The Morgan fingerprint density at radius 1 is 0.911 bits per heavy atom. The highest BCUT2D eigenvalue weighted by molar-refractivity contribution is 5.95. The summed E-state index contributed by atoms with van der Waals surface area (Å²) in [5, 5.41) is 9.07. The van der Waals surface area contributed by atoms with Gasteiger partial charge in [0.25, 0.3) is 0 Å². The van der Waals surface area contributed by atoms with Gasteiger partial charge in [-0.25, -0.2) is 9.97 Å². The molecule has 7 heteroatoms. The van der Waals surface area contributed by atoms with Crippen molar-refractivity contribution in [3.05, 3.63) is 75.4 Å². The molecular weight excluding hydrogens is 558 g/mol. The Kier molecular flexibility index (Phi) is 9.59. The van der Waals surface area contributed by atoms with E-state index in [2.05, 4.69) is 82.4 Å². The summed E-state index contributed by atoms with van der Waals surface area (Å²) in [6, 6.07) is 6.48. The maximum absolute atomic E-state index is 13.1. The molecule has 2 aliphatic heterocycles. The van der Waals surface area contributed by atoms with Gasteiger partial charge in [0.2, 0.25) is 5.91 Å². The minimum atomic E-state index is 0.120. The van der Waals surface area contributed by atoms with Gasteiger partial charge < -0.3 is 20.0 Å². The second-order valence-corrected chi connectivity index (χ2v) is 12.4. The maximum Gasteiger partial charge on any atom is 0.222 e. The van der Waals surface area contributed by atoms with E-state index in [0.29, 0.717) is 19.4 Å². The molecule has 0 saturated heterocycles. The number of unbranched alkanes of at least 4 members (excludes halogenated alkanes) is 2. The summed E-state index contributed by atoms with van der Waals surface area (Å²) >= 11 is 0. The first kappa shape index (κ1) is 32.2. The highest BCUT2D eigenvalue weighted by Gasteiger charge is 2.23. The first-order chi connectivity index (χ1) is 21.6. The van der Waals surface area contributed by atoms with Crippen LogP contribution in [0, 0.1) is 20.8 Å². The lowest BCUT2D eigenvalue weighted by Gasteiger charge is -2.17. The average Bonchev–Trinajstić information content (AvgIpc) is 3.72. The number of carbonyl (C=O) groups excluding carboxylic acids is 1. The molecular formula is C38H47N5O2. The minimum Gasteiger partial charge on any atom is -0.396 e. The molecule has 3 aromatic rings. The monoisotopic (exact) mass is 605 g/mol. The van der Waals surface area contributed by atoms with Crippen LogP contribution in [0.15, 0.2) is 24.8 Å². The van der Waals surface area contributed by atoms with Crippen LogP contribution in [0.5, 0.6) is 0 Å². The molecule has 0 fully saturated rings. The van der Waals surface area contributed by atoms with E-state index in [9.17, 15) is 4.79 Å². The van der Waals surface area contributed by atoms with Crippen molar-refractivity contribution in [2.75, 3.05) is 20.2 Å². The lowest BCUT2D eigenvalue weighted by Crippen LogP contribution is -2.27. The van der Waals surface area contributed by atoms with E-state index in [1.165, 1.54) is 11.1 Å². The lowest BCUT2D eigenvalue weighted by molar-refractivity contribution is -0.129. The fourth-order valence-corrected chi connectivity index (χ4v) is 6.53. The van der Waals surface area contributed by atoms with Gasteiger partial charge in [-0.15, -0.1) is 0 Å². The quantitative estimate of drug-likeness (QED) is 0.202. The fourth-order valence-electron chi connectivity index (χ4n) is 6.53. The Balaban J connectivity index is 1.70. The lowest BCUT2D eigenvalue weighted by atomic mass is 9.98. The number of aromatic nitrogens is 4. The summed E-state index contributed by atoms with van der Waals surface area (Å²) in [6.07, 6.45) is 8.56. The van der Waals surface area contributed by atoms with E-state index in [-0.39, 0.29) is 12.5 Å². The number of aliphatic hydroxyl groups is 1. The topological polar surface area (TPSA) is 97.9 Å². The van der Waals surface area contributed by atoms with Crippen molar-refractivity contribution in [2.24, 2.45) is 0 Å². The maximum atomic E-state index is 13.1. The van der Waals surface area contributed by atoms with Gasteiger partial charge in [-0.3, -0.25) is 4.79 Å². The number of nitrogens with one attached hydrogen (secondary N) is 2.